The van der Waals surface area contributed by atoms with Gasteiger partial charge < -0.3 is 9.84 Å². The minimum atomic E-state index is -0.950. The fraction of sp³-hybridized carbons (Fsp3) is 0.545. The topological polar surface area (TPSA) is 42.4 Å². The maximum atomic E-state index is 10.1. The van der Waals surface area contributed by atoms with Gasteiger partial charge in [-0.3, -0.25) is 4.98 Å². The van der Waals surface area contributed by atoms with Crippen molar-refractivity contribution in [2.75, 3.05) is 13.2 Å². The van der Waals surface area contributed by atoms with Crippen LogP contribution in [0.25, 0.3) is 0 Å². The standard InChI is InChI=1S/C11H17NO2/c1-4-14-8-11(3,13)10-7-12-6-5-9(10)2/h5-7,13H,4,8H2,1-3H3. The predicted octanol–water partition coefficient (Wildman–Crippen LogP) is 1.63. The average Bonchev–Trinajstić information content (AvgIpc) is 2.15. The summed E-state index contributed by atoms with van der Waals surface area (Å²) in [5.41, 5.74) is 0.909. The van der Waals surface area contributed by atoms with Crippen LogP contribution in [0.4, 0.5) is 0 Å². The van der Waals surface area contributed by atoms with E-state index >= 15 is 0 Å². The molecule has 78 valence electrons. The number of hydrogen-bond donors (Lipinski definition) is 1. The molecule has 1 N–H and O–H groups in total. The Morgan fingerprint density at radius 1 is 1.57 bits per heavy atom. The second kappa shape index (κ2) is 4.53. The summed E-state index contributed by atoms with van der Waals surface area (Å²) in [7, 11) is 0. The van der Waals surface area contributed by atoms with Crippen molar-refractivity contribution >= 4 is 0 Å². The minimum Gasteiger partial charge on any atom is -0.383 e. The SMILES string of the molecule is CCOCC(C)(O)c1cnccc1C. The van der Waals surface area contributed by atoms with Gasteiger partial charge in [0.2, 0.25) is 0 Å². The zero-order valence-corrected chi connectivity index (χ0v) is 8.95. The summed E-state index contributed by atoms with van der Waals surface area (Å²) in [6.45, 7) is 6.52. The molecule has 0 amide bonds. The second-order valence-corrected chi connectivity index (χ2v) is 3.60. The molecule has 0 radical (unpaired) electrons. The predicted molar refractivity (Wildman–Crippen MR) is 55.0 cm³/mol. The van der Waals surface area contributed by atoms with Gasteiger partial charge in [0.15, 0.2) is 0 Å². The van der Waals surface area contributed by atoms with Gasteiger partial charge in [-0.25, -0.2) is 0 Å². The number of nitrogens with zero attached hydrogens (tertiary/aromatic N) is 1. The molecule has 14 heavy (non-hydrogen) atoms. The Bertz CT molecular complexity index is 297. The van der Waals surface area contributed by atoms with E-state index in [4.69, 9.17) is 4.74 Å². The van der Waals surface area contributed by atoms with Gasteiger partial charge in [0.1, 0.15) is 5.60 Å². The molecule has 1 heterocycles. The Morgan fingerprint density at radius 2 is 2.29 bits per heavy atom. The van der Waals surface area contributed by atoms with Gasteiger partial charge in [-0.1, -0.05) is 0 Å². The molecule has 0 saturated carbocycles. The largest absolute Gasteiger partial charge is 0.383 e. The maximum absolute atomic E-state index is 10.1. The lowest BCUT2D eigenvalue weighted by atomic mass is 9.95. The molecule has 1 unspecified atom stereocenters. The Kier molecular flexibility index (Phi) is 3.61. The van der Waals surface area contributed by atoms with Crippen LogP contribution in [-0.4, -0.2) is 23.3 Å². The van der Waals surface area contributed by atoms with Crippen molar-refractivity contribution < 1.29 is 9.84 Å². The van der Waals surface area contributed by atoms with Crippen molar-refractivity contribution in [1.82, 2.24) is 4.98 Å². The molecule has 0 aliphatic carbocycles. The molecule has 0 aliphatic rings. The quantitative estimate of drug-likeness (QED) is 0.794. The van der Waals surface area contributed by atoms with E-state index in [1.54, 1.807) is 19.3 Å². The van der Waals surface area contributed by atoms with E-state index in [1.165, 1.54) is 0 Å². The molecule has 0 aromatic carbocycles. The Hall–Kier alpha value is -0.930. The van der Waals surface area contributed by atoms with Gasteiger partial charge in [-0.05, 0) is 32.4 Å². The molecular formula is C11H17NO2. The third-order valence-electron chi connectivity index (χ3n) is 2.21. The van der Waals surface area contributed by atoms with Crippen LogP contribution in [0.1, 0.15) is 25.0 Å². The van der Waals surface area contributed by atoms with Crippen LogP contribution in [0.15, 0.2) is 18.5 Å². The fourth-order valence-electron chi connectivity index (χ4n) is 1.41. The smallest absolute Gasteiger partial charge is 0.112 e. The highest BCUT2D eigenvalue weighted by Crippen LogP contribution is 2.23. The number of pyridine rings is 1. The third kappa shape index (κ3) is 2.53. The number of aromatic nitrogens is 1. The molecule has 0 bridgehead atoms. The molecule has 0 spiro atoms. The molecule has 1 aromatic rings. The summed E-state index contributed by atoms with van der Waals surface area (Å²) in [6, 6.07) is 1.88. The molecule has 0 aliphatic heterocycles. The summed E-state index contributed by atoms with van der Waals surface area (Å²) in [4.78, 5) is 4.00. The lowest BCUT2D eigenvalue weighted by Gasteiger charge is -2.24. The van der Waals surface area contributed by atoms with Crippen molar-refractivity contribution in [3.63, 3.8) is 0 Å². The molecule has 1 rings (SSSR count). The molecule has 0 saturated heterocycles. The first-order chi connectivity index (χ1) is 6.58. The fourth-order valence-corrected chi connectivity index (χ4v) is 1.41. The highest BCUT2D eigenvalue weighted by molar-refractivity contribution is 5.27. The van der Waals surface area contributed by atoms with E-state index in [0.29, 0.717) is 13.2 Å². The first-order valence-electron chi connectivity index (χ1n) is 4.79. The highest BCUT2D eigenvalue weighted by atomic mass is 16.5. The van der Waals surface area contributed by atoms with E-state index in [2.05, 4.69) is 4.98 Å². The van der Waals surface area contributed by atoms with Gasteiger partial charge >= 0.3 is 0 Å². The Morgan fingerprint density at radius 3 is 2.86 bits per heavy atom. The minimum absolute atomic E-state index is 0.302. The Labute approximate surface area is 84.7 Å². The van der Waals surface area contributed by atoms with Crippen molar-refractivity contribution in [2.24, 2.45) is 0 Å². The third-order valence-corrected chi connectivity index (χ3v) is 2.21. The van der Waals surface area contributed by atoms with E-state index in [0.717, 1.165) is 11.1 Å². The maximum Gasteiger partial charge on any atom is 0.112 e. The van der Waals surface area contributed by atoms with Gasteiger partial charge in [-0.15, -0.1) is 0 Å². The van der Waals surface area contributed by atoms with Gasteiger partial charge in [0.25, 0.3) is 0 Å². The monoisotopic (exact) mass is 195 g/mol. The van der Waals surface area contributed by atoms with Gasteiger partial charge in [0, 0.05) is 24.6 Å². The van der Waals surface area contributed by atoms with Crippen LogP contribution in [0.5, 0.6) is 0 Å². The Balaban J connectivity index is 2.86. The van der Waals surface area contributed by atoms with E-state index in [-0.39, 0.29) is 0 Å². The number of hydrogen-bond acceptors (Lipinski definition) is 3. The van der Waals surface area contributed by atoms with Gasteiger partial charge in [-0.2, -0.15) is 0 Å². The summed E-state index contributed by atoms with van der Waals surface area (Å²) < 4.78 is 5.23. The second-order valence-electron chi connectivity index (χ2n) is 3.60. The van der Waals surface area contributed by atoms with Crippen molar-refractivity contribution in [2.45, 2.75) is 26.4 Å². The molecular weight excluding hydrogens is 178 g/mol. The van der Waals surface area contributed by atoms with E-state index in [9.17, 15) is 5.11 Å². The first-order valence-corrected chi connectivity index (χ1v) is 4.79. The number of rotatable bonds is 4. The van der Waals surface area contributed by atoms with Crippen LogP contribution in [0, 0.1) is 6.92 Å². The van der Waals surface area contributed by atoms with Crippen LogP contribution in [0.3, 0.4) is 0 Å². The zero-order valence-electron chi connectivity index (χ0n) is 8.95. The normalized spacial score (nSPS) is 15.1. The highest BCUT2D eigenvalue weighted by Gasteiger charge is 2.25. The molecule has 3 heteroatoms. The summed E-state index contributed by atoms with van der Waals surface area (Å²) >= 11 is 0. The lowest BCUT2D eigenvalue weighted by Crippen LogP contribution is -2.28. The number of aryl methyl sites for hydroxylation is 1. The van der Waals surface area contributed by atoms with E-state index in [1.807, 2.05) is 19.9 Å². The van der Waals surface area contributed by atoms with Crippen molar-refractivity contribution in [1.29, 1.82) is 0 Å². The number of aliphatic hydroxyl groups is 1. The van der Waals surface area contributed by atoms with Crippen molar-refractivity contribution in [3.8, 4) is 0 Å². The summed E-state index contributed by atoms with van der Waals surface area (Å²) in [5, 5.41) is 10.1. The van der Waals surface area contributed by atoms with Crippen LogP contribution >= 0.6 is 0 Å². The van der Waals surface area contributed by atoms with Gasteiger partial charge in [0.05, 0.1) is 6.61 Å². The molecule has 0 fully saturated rings. The summed E-state index contributed by atoms with van der Waals surface area (Å²) in [5.74, 6) is 0. The van der Waals surface area contributed by atoms with Crippen LogP contribution in [0.2, 0.25) is 0 Å². The number of ether oxygens (including phenoxy) is 1. The van der Waals surface area contributed by atoms with Crippen LogP contribution < -0.4 is 0 Å². The molecule has 1 aromatic heterocycles. The lowest BCUT2D eigenvalue weighted by molar-refractivity contribution is -0.0349. The van der Waals surface area contributed by atoms with Crippen molar-refractivity contribution in [3.05, 3.63) is 29.6 Å². The van der Waals surface area contributed by atoms with Crippen LogP contribution in [-0.2, 0) is 10.3 Å². The zero-order chi connectivity index (χ0) is 10.6. The average molecular weight is 195 g/mol. The first kappa shape index (κ1) is 11.1. The molecule has 3 nitrogen and oxygen atoms in total. The molecule has 1 atom stereocenters. The summed E-state index contributed by atoms with van der Waals surface area (Å²) in [6.07, 6.45) is 3.41. The van der Waals surface area contributed by atoms with E-state index < -0.39 is 5.60 Å².